The van der Waals surface area contributed by atoms with Crippen molar-refractivity contribution in [3.8, 4) is 0 Å². The molecule has 4 aromatic rings. The van der Waals surface area contributed by atoms with Crippen LogP contribution in [0.5, 0.6) is 0 Å². The number of fused-ring (bicyclic) bond motifs is 1. The van der Waals surface area contributed by atoms with Gasteiger partial charge in [0.1, 0.15) is 11.1 Å². The fourth-order valence-corrected chi connectivity index (χ4v) is 3.71. The standard InChI is InChI=1S/C23H19N3O4S/c1-16-11-13-19(14-12-16)31(28,29)26-25-23-20(15-17-7-5-6-10-21(17)30-23)22(27)24-18-8-3-2-4-9-18/h2-15,26H,1H3,(H,24,27)/b25-23+. The fourth-order valence-electron chi connectivity index (χ4n) is 2.91. The summed E-state index contributed by atoms with van der Waals surface area (Å²) < 4.78 is 31.0. The largest absolute Gasteiger partial charge is 0.436 e. The minimum Gasteiger partial charge on any atom is -0.436 e. The number of rotatable bonds is 5. The van der Waals surface area contributed by atoms with Gasteiger partial charge < -0.3 is 9.73 Å². The molecule has 1 aromatic heterocycles. The van der Waals surface area contributed by atoms with E-state index in [4.69, 9.17) is 4.42 Å². The van der Waals surface area contributed by atoms with Gasteiger partial charge in [0.2, 0.25) is 5.55 Å². The van der Waals surface area contributed by atoms with Crippen LogP contribution in [0.4, 0.5) is 5.69 Å². The zero-order chi connectivity index (χ0) is 21.8. The van der Waals surface area contributed by atoms with Gasteiger partial charge in [0.25, 0.3) is 15.9 Å². The summed E-state index contributed by atoms with van der Waals surface area (Å²) in [4.78, 5) is 15.1. The van der Waals surface area contributed by atoms with Gasteiger partial charge in [0, 0.05) is 11.1 Å². The van der Waals surface area contributed by atoms with Crippen molar-refractivity contribution in [3.63, 3.8) is 0 Å². The van der Waals surface area contributed by atoms with E-state index >= 15 is 0 Å². The molecule has 2 N–H and O–H groups in total. The lowest BCUT2D eigenvalue weighted by atomic mass is 10.1. The molecule has 7 nitrogen and oxygen atoms in total. The number of hydrogen-bond donors (Lipinski definition) is 2. The van der Waals surface area contributed by atoms with Gasteiger partial charge in [-0.2, -0.15) is 13.2 Å². The Morgan fingerprint density at radius 1 is 0.903 bits per heavy atom. The number of sulfonamides is 1. The molecule has 0 radical (unpaired) electrons. The molecule has 0 spiro atoms. The number of nitrogens with zero attached hydrogens (tertiary/aromatic N) is 1. The molecule has 31 heavy (non-hydrogen) atoms. The second-order valence-corrected chi connectivity index (χ2v) is 8.50. The number of nitrogens with one attached hydrogen (secondary N) is 2. The van der Waals surface area contributed by atoms with Gasteiger partial charge in [-0.05, 0) is 43.3 Å². The van der Waals surface area contributed by atoms with E-state index in [0.29, 0.717) is 16.7 Å². The van der Waals surface area contributed by atoms with E-state index in [1.165, 1.54) is 12.1 Å². The van der Waals surface area contributed by atoms with E-state index < -0.39 is 15.9 Å². The van der Waals surface area contributed by atoms with Crippen molar-refractivity contribution in [2.24, 2.45) is 5.10 Å². The summed E-state index contributed by atoms with van der Waals surface area (Å²) in [5, 5.41) is 7.37. The van der Waals surface area contributed by atoms with Gasteiger partial charge in [-0.25, -0.2) is 0 Å². The molecule has 0 aliphatic carbocycles. The van der Waals surface area contributed by atoms with Crippen LogP contribution in [0.2, 0.25) is 0 Å². The van der Waals surface area contributed by atoms with E-state index in [1.807, 2.05) is 19.1 Å². The van der Waals surface area contributed by atoms with Crippen LogP contribution < -0.4 is 15.7 Å². The Hall–Kier alpha value is -3.91. The summed E-state index contributed by atoms with van der Waals surface area (Å²) in [5.74, 6) is -0.478. The van der Waals surface area contributed by atoms with Crippen LogP contribution in [-0.2, 0) is 10.0 Å². The second kappa shape index (κ2) is 8.45. The van der Waals surface area contributed by atoms with Gasteiger partial charge in [-0.1, -0.05) is 54.1 Å². The van der Waals surface area contributed by atoms with Crippen LogP contribution in [0.3, 0.4) is 0 Å². The normalized spacial score (nSPS) is 12.0. The van der Waals surface area contributed by atoms with Gasteiger partial charge in [-0.15, -0.1) is 5.10 Å². The lowest BCUT2D eigenvalue weighted by molar-refractivity contribution is 0.102. The lowest BCUT2D eigenvalue weighted by Gasteiger charge is -2.07. The summed E-state index contributed by atoms with van der Waals surface area (Å²) in [6.45, 7) is 1.86. The molecule has 0 atom stereocenters. The first-order valence-electron chi connectivity index (χ1n) is 9.44. The van der Waals surface area contributed by atoms with Crippen LogP contribution >= 0.6 is 0 Å². The fraction of sp³-hybridized carbons (Fsp3) is 0.0435. The van der Waals surface area contributed by atoms with Crippen molar-refractivity contribution in [1.29, 1.82) is 0 Å². The summed E-state index contributed by atoms with van der Waals surface area (Å²) in [7, 11) is -3.94. The number of benzene rings is 3. The molecule has 0 aliphatic rings. The number of para-hydroxylation sites is 2. The van der Waals surface area contributed by atoms with Crippen molar-refractivity contribution >= 4 is 32.6 Å². The molecule has 1 amide bonds. The maximum Gasteiger partial charge on any atom is 0.276 e. The number of aryl methyl sites for hydroxylation is 1. The third-order valence-electron chi connectivity index (χ3n) is 4.53. The molecule has 1 heterocycles. The smallest absolute Gasteiger partial charge is 0.276 e. The average molecular weight is 433 g/mol. The Morgan fingerprint density at radius 2 is 1.58 bits per heavy atom. The molecular formula is C23H19N3O4S. The second-order valence-electron chi connectivity index (χ2n) is 6.84. The zero-order valence-electron chi connectivity index (χ0n) is 16.6. The van der Waals surface area contributed by atoms with Crippen molar-refractivity contribution in [3.05, 3.63) is 102 Å². The predicted octanol–water partition coefficient (Wildman–Crippen LogP) is 3.79. The molecule has 0 fully saturated rings. The van der Waals surface area contributed by atoms with E-state index in [9.17, 15) is 13.2 Å². The maximum atomic E-state index is 12.9. The third kappa shape index (κ3) is 4.65. The van der Waals surface area contributed by atoms with Crippen molar-refractivity contribution in [2.75, 3.05) is 5.32 Å². The highest BCUT2D eigenvalue weighted by molar-refractivity contribution is 7.89. The molecule has 0 saturated heterocycles. The Balaban J connectivity index is 1.75. The monoisotopic (exact) mass is 433 g/mol. The van der Waals surface area contributed by atoms with Gasteiger partial charge in [0.05, 0.1) is 4.90 Å². The van der Waals surface area contributed by atoms with Crippen LogP contribution in [0, 0.1) is 6.92 Å². The molecular weight excluding hydrogens is 414 g/mol. The molecule has 156 valence electrons. The topological polar surface area (TPSA) is 101 Å². The molecule has 3 aromatic carbocycles. The Kier molecular flexibility index (Phi) is 5.55. The molecule has 8 heteroatoms. The average Bonchev–Trinajstić information content (AvgIpc) is 2.78. The summed E-state index contributed by atoms with van der Waals surface area (Å²) in [6.07, 6.45) is 0. The first kappa shape index (κ1) is 20.4. The molecule has 0 aliphatic heterocycles. The molecule has 0 unspecified atom stereocenters. The van der Waals surface area contributed by atoms with E-state index in [1.54, 1.807) is 60.7 Å². The van der Waals surface area contributed by atoms with Crippen molar-refractivity contribution in [2.45, 2.75) is 11.8 Å². The zero-order valence-corrected chi connectivity index (χ0v) is 17.4. The number of anilines is 1. The van der Waals surface area contributed by atoms with E-state index in [0.717, 1.165) is 5.56 Å². The Bertz CT molecular complexity index is 1410. The molecule has 0 saturated carbocycles. The minimum atomic E-state index is -3.94. The minimum absolute atomic E-state index is 0.0536. The van der Waals surface area contributed by atoms with Gasteiger partial charge >= 0.3 is 0 Å². The van der Waals surface area contributed by atoms with Crippen LogP contribution in [-0.4, -0.2) is 14.3 Å². The summed E-state index contributed by atoms with van der Waals surface area (Å²) in [5.41, 5.74) is 1.93. The Morgan fingerprint density at radius 3 is 2.32 bits per heavy atom. The Labute approximate surface area is 179 Å². The number of hydrogen-bond acceptors (Lipinski definition) is 5. The first-order chi connectivity index (χ1) is 14.9. The van der Waals surface area contributed by atoms with Gasteiger partial charge in [-0.3, -0.25) is 4.79 Å². The third-order valence-corrected chi connectivity index (χ3v) is 5.76. The number of carbonyl (C=O) groups is 1. The van der Waals surface area contributed by atoms with Crippen LogP contribution in [0.1, 0.15) is 15.9 Å². The predicted molar refractivity (Wildman–Crippen MR) is 118 cm³/mol. The highest BCUT2D eigenvalue weighted by Gasteiger charge is 2.16. The SMILES string of the molecule is Cc1ccc(S(=O)(=O)N/N=c2/oc3ccccc3cc2C(=O)Nc2ccccc2)cc1. The first-order valence-corrected chi connectivity index (χ1v) is 10.9. The van der Waals surface area contributed by atoms with Crippen molar-refractivity contribution in [1.82, 2.24) is 4.83 Å². The number of carbonyl (C=O) groups excluding carboxylic acids is 1. The highest BCUT2D eigenvalue weighted by atomic mass is 32.2. The highest BCUT2D eigenvalue weighted by Crippen LogP contribution is 2.15. The molecule has 0 bridgehead atoms. The maximum absolute atomic E-state index is 12.9. The summed E-state index contributed by atoms with van der Waals surface area (Å²) in [6, 6.07) is 23.9. The molecule has 4 rings (SSSR count). The van der Waals surface area contributed by atoms with E-state index in [2.05, 4.69) is 15.2 Å². The number of amides is 1. The van der Waals surface area contributed by atoms with Crippen LogP contribution in [0.15, 0.2) is 99.3 Å². The lowest BCUT2D eigenvalue weighted by Crippen LogP contribution is -2.27. The van der Waals surface area contributed by atoms with E-state index in [-0.39, 0.29) is 16.0 Å². The van der Waals surface area contributed by atoms with Gasteiger partial charge in [0.15, 0.2) is 0 Å². The van der Waals surface area contributed by atoms with Crippen LogP contribution in [0.25, 0.3) is 11.0 Å². The quantitative estimate of drug-likeness (QED) is 0.468. The van der Waals surface area contributed by atoms with Crippen molar-refractivity contribution < 1.29 is 17.6 Å². The summed E-state index contributed by atoms with van der Waals surface area (Å²) >= 11 is 0.